The Morgan fingerprint density at radius 1 is 0.354 bits per heavy atom. The van der Waals surface area contributed by atoms with E-state index in [9.17, 15) is 4.79 Å². The van der Waals surface area contributed by atoms with Crippen LogP contribution in [0.2, 0.25) is 0 Å². The highest BCUT2D eigenvalue weighted by molar-refractivity contribution is 6.08. The predicted molar refractivity (Wildman–Crippen MR) is 486 cm³/mol. The molecule has 0 saturated carbocycles. The van der Waals surface area contributed by atoms with Crippen molar-refractivity contribution in [2.75, 3.05) is 6.61 Å². The fraction of sp³-hybridized carbons (Fsp3) is 0.302. The standard InChI is InChI=1S/C20H20.C19H19N.C16H17N.2C13H15N.C13H18O2.C12H17N/c1-20(2,3)19-14-17(15-9-5-4-6-10-15)13-16-11-7-8-12-18(16)19;1-19(2,3)16-13-18(14-9-5-4-6-10-14)20-17-12-8-7-11-15(16)17;1-16(2,3)17-14-10-6-4-8-12(14)13-9-5-7-11-15(13)17;1-13(2,3)12-5-4-11-9-14-7-6-10(11)8-12;1-13(2,3)11-8-9-14-12-7-5-4-6-10(11)12;1-5-15-12(14)10-8-6-7-9-11(10)13(2,3)4;1-12(2,3)13-8-10-6-4-5-7-11(10)9-13/h4-14H,1-3H3;4-13H,1-3H3;4-11H,1-3H3;2*4-9H,1-3H3;6-9H,5H2,1-4H3;4-7H,8-9H2,1-3H3. The Hall–Kier alpha value is -10.9. The Balaban J connectivity index is 0.000000141. The van der Waals surface area contributed by atoms with Gasteiger partial charge >= 0.3 is 5.97 Å². The van der Waals surface area contributed by atoms with Crippen LogP contribution >= 0.6 is 0 Å². The first-order chi connectivity index (χ1) is 53.4. The van der Waals surface area contributed by atoms with E-state index in [1.54, 1.807) is 0 Å². The minimum Gasteiger partial charge on any atom is -0.462 e. The van der Waals surface area contributed by atoms with Crippen LogP contribution in [0.1, 0.15) is 202 Å². The highest BCUT2D eigenvalue weighted by Gasteiger charge is 2.28. The smallest absolute Gasteiger partial charge is 0.338 e. The summed E-state index contributed by atoms with van der Waals surface area (Å²) in [6.45, 7) is 51.3. The quantitative estimate of drug-likeness (QED) is 0.164. The molecule has 0 fully saturated rings. The molecule has 0 unspecified atom stereocenters. The molecule has 7 nitrogen and oxygen atoms in total. The van der Waals surface area contributed by atoms with Crippen molar-refractivity contribution in [2.45, 2.75) is 204 Å². The Labute approximate surface area is 675 Å². The summed E-state index contributed by atoms with van der Waals surface area (Å²) in [5.74, 6) is -0.233. The summed E-state index contributed by atoms with van der Waals surface area (Å²) in [5.41, 5.74) is 20.8. The molecule has 582 valence electrons. The molecule has 4 aromatic heterocycles. The van der Waals surface area contributed by atoms with Gasteiger partial charge in [-0.1, -0.05) is 322 Å². The number of nitrogens with zero attached hydrogens (tertiary/aromatic N) is 5. The van der Waals surface area contributed by atoms with Gasteiger partial charge < -0.3 is 9.30 Å². The zero-order valence-corrected chi connectivity index (χ0v) is 71.5. The summed E-state index contributed by atoms with van der Waals surface area (Å²) in [6, 6.07) is 97.6. The van der Waals surface area contributed by atoms with Crippen LogP contribution in [0.15, 0.2) is 298 Å². The lowest BCUT2D eigenvalue weighted by Crippen LogP contribution is -2.36. The van der Waals surface area contributed by atoms with E-state index >= 15 is 0 Å². The summed E-state index contributed by atoms with van der Waals surface area (Å²) >= 11 is 0. The van der Waals surface area contributed by atoms with Gasteiger partial charge in [-0.25, -0.2) is 9.78 Å². The van der Waals surface area contributed by atoms with Gasteiger partial charge in [-0.05, 0) is 202 Å². The minimum atomic E-state index is -0.233. The molecule has 0 spiro atoms. The molecule has 113 heavy (non-hydrogen) atoms. The van der Waals surface area contributed by atoms with Crippen molar-refractivity contribution in [2.24, 2.45) is 0 Å². The number of rotatable bonds is 4. The lowest BCUT2D eigenvalue weighted by Gasteiger charge is -2.31. The summed E-state index contributed by atoms with van der Waals surface area (Å²) in [4.78, 5) is 27.5. The van der Waals surface area contributed by atoms with Gasteiger partial charge in [0, 0.05) is 86.3 Å². The normalized spacial score (nSPS) is 12.5. The highest BCUT2D eigenvalue weighted by atomic mass is 16.5. The third kappa shape index (κ3) is 21.9. The first-order valence-electron chi connectivity index (χ1n) is 40.2. The number of aromatic nitrogens is 4. The molecule has 0 amide bonds. The fourth-order valence-corrected chi connectivity index (χ4v) is 14.6. The Morgan fingerprint density at radius 3 is 1.36 bits per heavy atom. The van der Waals surface area contributed by atoms with Gasteiger partial charge in [0.2, 0.25) is 0 Å². The minimum absolute atomic E-state index is 0.0383. The number of esters is 1. The van der Waals surface area contributed by atoms with E-state index in [1.807, 2.05) is 61.9 Å². The van der Waals surface area contributed by atoms with Gasteiger partial charge in [0.05, 0.1) is 28.9 Å². The number of ether oxygens (including phenoxy) is 1. The second-order valence-electron chi connectivity index (χ2n) is 36.7. The number of pyridine rings is 3. The SMILES string of the molecule is CC(C)(C)N1Cc2ccccc2C1.CC(C)(C)c1cc(-c2ccccc2)cc2ccccc12.CC(C)(C)c1cc(-c2ccccc2)nc2ccccc12.CC(C)(C)c1ccc2cnccc2c1.CC(C)(C)c1ccnc2ccccc12.CC(C)(C)n1c2ccccc2c2ccccc21.CCOC(=O)c1ccccc1C(C)(C)C. The maximum absolute atomic E-state index is 11.7. The van der Waals surface area contributed by atoms with E-state index in [1.165, 1.54) is 104 Å². The lowest BCUT2D eigenvalue weighted by atomic mass is 9.82. The van der Waals surface area contributed by atoms with Crippen LogP contribution in [0.3, 0.4) is 0 Å². The number of carbonyl (C=O) groups is 1. The van der Waals surface area contributed by atoms with Crippen LogP contribution in [0.5, 0.6) is 0 Å². The van der Waals surface area contributed by atoms with Crippen molar-refractivity contribution in [1.82, 2.24) is 24.4 Å². The molecule has 0 atom stereocenters. The number of hydrogen-bond acceptors (Lipinski definition) is 6. The first kappa shape index (κ1) is 84.6. The van der Waals surface area contributed by atoms with Crippen molar-refractivity contribution in [1.29, 1.82) is 0 Å². The number of para-hydroxylation sites is 4. The zero-order chi connectivity index (χ0) is 81.7. The summed E-state index contributed by atoms with van der Waals surface area (Å²) in [5, 5.41) is 10.4. The van der Waals surface area contributed by atoms with Crippen LogP contribution in [-0.4, -0.2) is 42.5 Å². The average Bonchev–Trinajstić information content (AvgIpc) is 1.60. The van der Waals surface area contributed by atoms with Crippen LogP contribution < -0.4 is 0 Å². The van der Waals surface area contributed by atoms with E-state index in [0.717, 1.165) is 35.4 Å². The van der Waals surface area contributed by atoms with Gasteiger partial charge in [0.25, 0.3) is 0 Å². The van der Waals surface area contributed by atoms with E-state index in [2.05, 4.69) is 407 Å². The molecule has 5 heterocycles. The maximum Gasteiger partial charge on any atom is 0.338 e. The topological polar surface area (TPSA) is 73.1 Å². The van der Waals surface area contributed by atoms with Gasteiger partial charge in [0.1, 0.15) is 0 Å². The molecule has 0 bridgehead atoms. The van der Waals surface area contributed by atoms with E-state index in [0.29, 0.717) is 17.7 Å². The monoisotopic (exact) mass is 1500 g/mol. The number of benzene rings is 11. The molecule has 0 radical (unpaired) electrons. The van der Waals surface area contributed by atoms with Gasteiger partial charge in [-0.15, -0.1) is 0 Å². The average molecular weight is 1500 g/mol. The highest BCUT2D eigenvalue weighted by Crippen LogP contribution is 2.39. The Bertz CT molecular complexity index is 5440. The van der Waals surface area contributed by atoms with Crippen LogP contribution in [-0.2, 0) is 50.4 Å². The van der Waals surface area contributed by atoms with Crippen molar-refractivity contribution in [3.8, 4) is 22.4 Å². The van der Waals surface area contributed by atoms with Crippen molar-refractivity contribution in [3.63, 3.8) is 0 Å². The predicted octanol–water partition coefficient (Wildman–Crippen LogP) is 28.6. The van der Waals surface area contributed by atoms with Crippen LogP contribution in [0.25, 0.3) is 87.5 Å². The largest absolute Gasteiger partial charge is 0.462 e. The molecule has 0 aliphatic carbocycles. The van der Waals surface area contributed by atoms with Gasteiger partial charge in [-0.2, -0.15) is 0 Å². The van der Waals surface area contributed by atoms with Crippen molar-refractivity contribution < 1.29 is 9.53 Å². The number of carbonyl (C=O) groups excluding carboxylic acids is 1. The zero-order valence-electron chi connectivity index (χ0n) is 71.5. The molecular weight excluding hydrogens is 1380 g/mol. The fourth-order valence-electron chi connectivity index (χ4n) is 14.6. The van der Waals surface area contributed by atoms with Gasteiger partial charge in [0.15, 0.2) is 0 Å². The maximum atomic E-state index is 11.7. The van der Waals surface area contributed by atoms with E-state index < -0.39 is 0 Å². The molecule has 0 saturated heterocycles. The van der Waals surface area contributed by atoms with E-state index in [-0.39, 0.29) is 38.6 Å². The number of hydrogen-bond donors (Lipinski definition) is 0. The summed E-state index contributed by atoms with van der Waals surface area (Å²) in [6.07, 6.45) is 5.64. The summed E-state index contributed by atoms with van der Waals surface area (Å²) in [7, 11) is 0. The molecular formula is C106H121N5O2. The summed E-state index contributed by atoms with van der Waals surface area (Å²) < 4.78 is 7.45. The van der Waals surface area contributed by atoms with Crippen molar-refractivity contribution >= 4 is 71.1 Å². The second-order valence-corrected chi connectivity index (χ2v) is 36.7. The second kappa shape index (κ2) is 35.9. The molecule has 16 rings (SSSR count). The molecule has 7 heteroatoms. The van der Waals surface area contributed by atoms with Gasteiger partial charge in [-0.3, -0.25) is 14.9 Å². The third-order valence-electron chi connectivity index (χ3n) is 20.6. The molecule has 0 N–H and O–H groups in total. The molecule has 1 aliphatic heterocycles. The molecule has 1 aliphatic rings. The molecule has 15 aromatic rings. The van der Waals surface area contributed by atoms with Crippen LogP contribution in [0, 0.1) is 0 Å². The molecule has 11 aromatic carbocycles. The van der Waals surface area contributed by atoms with Crippen molar-refractivity contribution in [3.05, 3.63) is 342 Å². The Kier molecular flexibility index (Phi) is 26.9. The first-order valence-corrected chi connectivity index (χ1v) is 40.2. The number of fused-ring (bicyclic) bond motifs is 8. The van der Waals surface area contributed by atoms with Crippen LogP contribution in [0.4, 0.5) is 0 Å². The Morgan fingerprint density at radius 2 is 0.823 bits per heavy atom. The lowest BCUT2D eigenvalue weighted by molar-refractivity contribution is 0.0523. The third-order valence-corrected chi connectivity index (χ3v) is 20.6. The van der Waals surface area contributed by atoms with E-state index in [4.69, 9.17) is 9.72 Å².